The first-order chi connectivity index (χ1) is 8.34. The Balaban J connectivity index is 1.71. The molecule has 4 aliphatic rings. The molecule has 4 fully saturated rings. The van der Waals surface area contributed by atoms with Gasteiger partial charge in [0.1, 0.15) is 0 Å². The summed E-state index contributed by atoms with van der Waals surface area (Å²) in [5.41, 5.74) is -0.0995. The van der Waals surface area contributed by atoms with Crippen molar-refractivity contribution in [3.63, 3.8) is 0 Å². The second kappa shape index (κ2) is 3.96. The van der Waals surface area contributed by atoms with E-state index in [1.54, 1.807) is 0 Å². The summed E-state index contributed by atoms with van der Waals surface area (Å²) in [4.78, 5) is 0. The fourth-order valence-electron chi connectivity index (χ4n) is 4.75. The number of hydrogen-bond acceptors (Lipinski definition) is 2. The molecule has 0 aromatic carbocycles. The van der Waals surface area contributed by atoms with Crippen molar-refractivity contribution >= 4 is 0 Å². The molecule has 4 rings (SSSR count). The fourth-order valence-corrected chi connectivity index (χ4v) is 4.75. The molecule has 0 heterocycles. The van der Waals surface area contributed by atoms with Crippen molar-refractivity contribution < 1.29 is 9.84 Å². The molecule has 0 amide bonds. The van der Waals surface area contributed by atoms with Gasteiger partial charge in [0.05, 0.1) is 17.8 Å². The lowest BCUT2D eigenvalue weighted by Gasteiger charge is -2.60. The molecule has 18 heavy (non-hydrogen) atoms. The fraction of sp³-hybridized carbons (Fsp3) is 1.00. The van der Waals surface area contributed by atoms with Crippen LogP contribution < -0.4 is 0 Å². The smallest absolute Gasteiger partial charge is 0.0715 e. The lowest BCUT2D eigenvalue weighted by Crippen LogP contribution is -2.60. The molecule has 0 aromatic rings. The normalized spacial score (nSPS) is 46.7. The molecular formula is C16H28O2. The van der Waals surface area contributed by atoms with Crippen LogP contribution in [-0.2, 0) is 4.74 Å². The molecule has 4 aliphatic carbocycles. The van der Waals surface area contributed by atoms with E-state index in [-0.39, 0.29) is 16.6 Å². The van der Waals surface area contributed by atoms with Gasteiger partial charge in [-0.1, -0.05) is 20.8 Å². The average molecular weight is 252 g/mol. The third-order valence-corrected chi connectivity index (χ3v) is 5.70. The van der Waals surface area contributed by atoms with Gasteiger partial charge in [0.15, 0.2) is 0 Å². The van der Waals surface area contributed by atoms with Gasteiger partial charge in [0.2, 0.25) is 0 Å². The van der Waals surface area contributed by atoms with Crippen LogP contribution in [0.4, 0.5) is 0 Å². The highest BCUT2D eigenvalue weighted by molar-refractivity contribution is 5.10. The molecule has 0 radical (unpaired) electrons. The Bertz CT molecular complexity index is 320. The van der Waals surface area contributed by atoms with Gasteiger partial charge in [0, 0.05) is 6.42 Å². The molecule has 4 saturated carbocycles. The van der Waals surface area contributed by atoms with Crippen LogP contribution >= 0.6 is 0 Å². The summed E-state index contributed by atoms with van der Waals surface area (Å²) in [5.74, 6) is 1.45. The van der Waals surface area contributed by atoms with Crippen molar-refractivity contribution in [1.82, 2.24) is 0 Å². The quantitative estimate of drug-likeness (QED) is 0.829. The van der Waals surface area contributed by atoms with Crippen LogP contribution in [0.1, 0.15) is 65.7 Å². The molecule has 0 aromatic heterocycles. The summed E-state index contributed by atoms with van der Waals surface area (Å²) in [6.07, 6.45) is 7.85. The Morgan fingerprint density at radius 3 is 2.28 bits per heavy atom. The third-order valence-electron chi connectivity index (χ3n) is 5.70. The number of rotatable bonds is 4. The molecule has 0 aliphatic heterocycles. The monoisotopic (exact) mass is 252 g/mol. The van der Waals surface area contributed by atoms with E-state index in [0.717, 1.165) is 44.1 Å². The number of ether oxygens (including phenoxy) is 1. The van der Waals surface area contributed by atoms with Crippen LogP contribution in [0.5, 0.6) is 0 Å². The van der Waals surface area contributed by atoms with E-state index in [0.29, 0.717) is 0 Å². The van der Waals surface area contributed by atoms with Crippen molar-refractivity contribution in [1.29, 1.82) is 0 Å². The van der Waals surface area contributed by atoms with Crippen molar-refractivity contribution in [2.24, 2.45) is 17.3 Å². The van der Waals surface area contributed by atoms with E-state index in [1.807, 2.05) is 0 Å². The second-order valence-corrected chi connectivity index (χ2v) is 8.17. The van der Waals surface area contributed by atoms with E-state index in [9.17, 15) is 5.11 Å². The van der Waals surface area contributed by atoms with Gasteiger partial charge in [-0.2, -0.15) is 0 Å². The molecule has 1 N–H and O–H groups in total. The summed E-state index contributed by atoms with van der Waals surface area (Å²) in [7, 11) is 0. The largest absolute Gasteiger partial charge is 0.390 e. The summed E-state index contributed by atoms with van der Waals surface area (Å²) < 4.78 is 6.40. The van der Waals surface area contributed by atoms with Crippen molar-refractivity contribution in [3.05, 3.63) is 0 Å². The molecule has 2 heteroatoms. The van der Waals surface area contributed by atoms with Gasteiger partial charge in [-0.15, -0.1) is 0 Å². The minimum atomic E-state index is -0.388. The molecule has 104 valence electrons. The molecule has 2 atom stereocenters. The van der Waals surface area contributed by atoms with Crippen LogP contribution in [0.25, 0.3) is 0 Å². The predicted molar refractivity (Wildman–Crippen MR) is 72.4 cm³/mol. The maximum absolute atomic E-state index is 10.7. The summed E-state index contributed by atoms with van der Waals surface area (Å²) >= 11 is 0. The highest BCUT2D eigenvalue weighted by Crippen LogP contribution is 2.59. The molecule has 0 saturated heterocycles. The van der Waals surface area contributed by atoms with Gasteiger partial charge in [-0.3, -0.25) is 0 Å². The highest BCUT2D eigenvalue weighted by Gasteiger charge is 2.58. The Hall–Kier alpha value is -0.0800. The first-order valence-electron chi connectivity index (χ1n) is 7.70. The minimum Gasteiger partial charge on any atom is -0.390 e. The average Bonchev–Trinajstić information content (AvgIpc) is 2.23. The molecule has 4 bridgehead atoms. The summed E-state index contributed by atoms with van der Waals surface area (Å²) in [6, 6.07) is 0. The Morgan fingerprint density at radius 2 is 1.78 bits per heavy atom. The number of aliphatic hydroxyl groups is 1. The summed E-state index contributed by atoms with van der Waals surface area (Å²) in [5, 5.41) is 10.7. The Labute approximate surface area is 111 Å². The molecule has 2 unspecified atom stereocenters. The van der Waals surface area contributed by atoms with Gasteiger partial charge < -0.3 is 9.84 Å². The molecular weight excluding hydrogens is 224 g/mol. The van der Waals surface area contributed by atoms with Gasteiger partial charge in [-0.05, 0) is 55.8 Å². The van der Waals surface area contributed by atoms with Gasteiger partial charge in [-0.25, -0.2) is 0 Å². The SMILES string of the molecule is CCC(C)(C)COC12CC3CC(CC(O)(C3)C1)C2. The van der Waals surface area contributed by atoms with Crippen LogP contribution in [0, 0.1) is 17.3 Å². The van der Waals surface area contributed by atoms with Crippen LogP contribution in [0.2, 0.25) is 0 Å². The maximum Gasteiger partial charge on any atom is 0.0715 e. The van der Waals surface area contributed by atoms with Crippen molar-refractivity contribution in [2.75, 3.05) is 6.61 Å². The lowest BCUT2D eigenvalue weighted by atomic mass is 9.52. The second-order valence-electron chi connectivity index (χ2n) is 8.17. The molecule has 2 nitrogen and oxygen atoms in total. The van der Waals surface area contributed by atoms with Gasteiger partial charge in [0.25, 0.3) is 0 Å². The highest BCUT2D eigenvalue weighted by atomic mass is 16.5. The number of hydrogen-bond donors (Lipinski definition) is 1. The van der Waals surface area contributed by atoms with E-state index < -0.39 is 0 Å². The Kier molecular flexibility index (Phi) is 2.84. The van der Waals surface area contributed by atoms with Crippen molar-refractivity contribution in [2.45, 2.75) is 76.9 Å². The van der Waals surface area contributed by atoms with E-state index in [2.05, 4.69) is 20.8 Å². The van der Waals surface area contributed by atoms with Crippen LogP contribution in [-0.4, -0.2) is 22.9 Å². The minimum absolute atomic E-state index is 0.0191. The van der Waals surface area contributed by atoms with Crippen LogP contribution in [0.15, 0.2) is 0 Å². The van der Waals surface area contributed by atoms with Crippen LogP contribution in [0.3, 0.4) is 0 Å². The lowest BCUT2D eigenvalue weighted by molar-refractivity contribution is -0.227. The zero-order chi connectivity index (χ0) is 13.0. The van der Waals surface area contributed by atoms with E-state index in [4.69, 9.17) is 4.74 Å². The predicted octanol–water partition coefficient (Wildman–Crippen LogP) is 3.52. The standard InChI is InChI=1S/C16H28O2/c1-4-14(2,3)11-18-16-8-12-5-13(9-16)7-15(17,6-12)10-16/h12-13,17H,4-11H2,1-3H3. The molecule has 0 spiro atoms. The maximum atomic E-state index is 10.7. The van der Waals surface area contributed by atoms with E-state index >= 15 is 0 Å². The first kappa shape index (κ1) is 12.9. The topological polar surface area (TPSA) is 29.5 Å². The summed E-state index contributed by atoms with van der Waals surface area (Å²) in [6.45, 7) is 7.64. The van der Waals surface area contributed by atoms with E-state index in [1.165, 1.54) is 19.3 Å². The zero-order valence-corrected chi connectivity index (χ0v) is 12.2. The Morgan fingerprint density at radius 1 is 1.17 bits per heavy atom. The van der Waals surface area contributed by atoms with Crippen molar-refractivity contribution in [3.8, 4) is 0 Å². The van der Waals surface area contributed by atoms with Gasteiger partial charge >= 0.3 is 0 Å². The zero-order valence-electron chi connectivity index (χ0n) is 12.2. The first-order valence-corrected chi connectivity index (χ1v) is 7.70. The third kappa shape index (κ3) is 2.22.